The zero-order valence-corrected chi connectivity index (χ0v) is 9.98. The number of anilines is 2. The van der Waals surface area contributed by atoms with E-state index in [1.807, 2.05) is 19.4 Å². The molecular formula is C11H18N6. The number of aromatic nitrogens is 4. The Morgan fingerprint density at radius 1 is 1.47 bits per heavy atom. The van der Waals surface area contributed by atoms with Crippen molar-refractivity contribution in [1.29, 1.82) is 0 Å². The number of imidazole rings is 2. The van der Waals surface area contributed by atoms with Gasteiger partial charge in [0.15, 0.2) is 5.82 Å². The third kappa shape index (κ3) is 3.24. The molecule has 2 heterocycles. The SMILES string of the molecule is Cc1nc(NCCCCn2ccnc2)c(N)[nH]1. The van der Waals surface area contributed by atoms with Crippen LogP contribution in [0.15, 0.2) is 18.7 Å². The maximum absolute atomic E-state index is 5.74. The molecule has 0 aromatic carbocycles. The number of unbranched alkanes of at least 4 members (excludes halogenated alkanes) is 1. The molecule has 0 amide bonds. The van der Waals surface area contributed by atoms with Crippen molar-refractivity contribution in [2.45, 2.75) is 26.3 Å². The third-order valence-electron chi connectivity index (χ3n) is 2.54. The first-order valence-electron chi connectivity index (χ1n) is 5.77. The van der Waals surface area contributed by atoms with Gasteiger partial charge < -0.3 is 20.6 Å². The second-order valence-corrected chi connectivity index (χ2v) is 4.02. The van der Waals surface area contributed by atoms with Crippen molar-refractivity contribution in [3.63, 3.8) is 0 Å². The fraction of sp³-hybridized carbons (Fsp3) is 0.455. The minimum absolute atomic E-state index is 0.608. The van der Waals surface area contributed by atoms with E-state index in [9.17, 15) is 0 Å². The second kappa shape index (κ2) is 5.38. The maximum Gasteiger partial charge on any atom is 0.168 e. The number of hydrogen-bond acceptors (Lipinski definition) is 4. The van der Waals surface area contributed by atoms with Gasteiger partial charge in [0, 0.05) is 25.5 Å². The average Bonchev–Trinajstić information content (AvgIpc) is 2.89. The van der Waals surface area contributed by atoms with Gasteiger partial charge in [-0.1, -0.05) is 0 Å². The summed E-state index contributed by atoms with van der Waals surface area (Å²) in [5, 5.41) is 3.22. The Morgan fingerprint density at radius 3 is 3.00 bits per heavy atom. The summed E-state index contributed by atoms with van der Waals surface area (Å²) in [5.74, 6) is 2.20. The maximum atomic E-state index is 5.74. The van der Waals surface area contributed by atoms with Gasteiger partial charge in [0.25, 0.3) is 0 Å². The molecule has 0 saturated heterocycles. The van der Waals surface area contributed by atoms with Gasteiger partial charge in [0.1, 0.15) is 11.6 Å². The van der Waals surface area contributed by atoms with Crippen molar-refractivity contribution in [2.75, 3.05) is 17.6 Å². The summed E-state index contributed by atoms with van der Waals surface area (Å²) in [4.78, 5) is 11.2. The van der Waals surface area contributed by atoms with E-state index < -0.39 is 0 Å². The molecule has 0 unspecified atom stereocenters. The number of aryl methyl sites for hydroxylation is 2. The van der Waals surface area contributed by atoms with Crippen LogP contribution in [0.1, 0.15) is 18.7 Å². The Bertz CT molecular complexity index is 444. The molecule has 0 bridgehead atoms. The third-order valence-corrected chi connectivity index (χ3v) is 2.54. The number of rotatable bonds is 6. The predicted molar refractivity (Wildman–Crippen MR) is 67.7 cm³/mol. The van der Waals surface area contributed by atoms with Gasteiger partial charge in [0.2, 0.25) is 0 Å². The number of nitrogens with two attached hydrogens (primary N) is 1. The molecule has 0 aliphatic heterocycles. The van der Waals surface area contributed by atoms with E-state index >= 15 is 0 Å². The van der Waals surface area contributed by atoms with Gasteiger partial charge in [-0.2, -0.15) is 0 Å². The lowest BCUT2D eigenvalue weighted by Gasteiger charge is -2.04. The molecular weight excluding hydrogens is 216 g/mol. The molecule has 0 fully saturated rings. The predicted octanol–water partition coefficient (Wildman–Crippen LogP) is 1.39. The van der Waals surface area contributed by atoms with Crippen molar-refractivity contribution >= 4 is 11.6 Å². The van der Waals surface area contributed by atoms with Crippen LogP contribution in [0.4, 0.5) is 11.6 Å². The molecule has 4 N–H and O–H groups in total. The molecule has 2 aromatic heterocycles. The van der Waals surface area contributed by atoms with Crippen LogP contribution in [0.3, 0.4) is 0 Å². The Labute approximate surface area is 100 Å². The number of aromatic amines is 1. The van der Waals surface area contributed by atoms with Crippen LogP contribution in [-0.4, -0.2) is 26.1 Å². The van der Waals surface area contributed by atoms with Gasteiger partial charge in [0.05, 0.1) is 6.33 Å². The van der Waals surface area contributed by atoms with E-state index in [-0.39, 0.29) is 0 Å². The Morgan fingerprint density at radius 2 is 2.35 bits per heavy atom. The molecule has 0 aliphatic rings. The van der Waals surface area contributed by atoms with Crippen molar-refractivity contribution in [3.05, 3.63) is 24.5 Å². The molecule has 0 spiro atoms. The topological polar surface area (TPSA) is 84.6 Å². The molecule has 0 saturated carbocycles. The van der Waals surface area contributed by atoms with Crippen molar-refractivity contribution in [2.24, 2.45) is 0 Å². The zero-order chi connectivity index (χ0) is 12.1. The van der Waals surface area contributed by atoms with Crippen LogP contribution in [0.2, 0.25) is 0 Å². The fourth-order valence-corrected chi connectivity index (χ4v) is 1.69. The van der Waals surface area contributed by atoms with Crippen molar-refractivity contribution in [3.8, 4) is 0 Å². The van der Waals surface area contributed by atoms with E-state index in [1.54, 1.807) is 6.20 Å². The highest BCUT2D eigenvalue weighted by atomic mass is 15.1. The van der Waals surface area contributed by atoms with Gasteiger partial charge in [-0.05, 0) is 19.8 Å². The number of H-pyrrole nitrogens is 1. The quantitative estimate of drug-likeness (QED) is 0.659. The van der Waals surface area contributed by atoms with Crippen molar-refractivity contribution in [1.82, 2.24) is 19.5 Å². The van der Waals surface area contributed by atoms with Crippen LogP contribution >= 0.6 is 0 Å². The Kier molecular flexibility index (Phi) is 3.64. The van der Waals surface area contributed by atoms with E-state index in [2.05, 4.69) is 24.8 Å². The van der Waals surface area contributed by atoms with E-state index in [0.717, 1.165) is 37.6 Å². The first-order chi connectivity index (χ1) is 8.25. The molecule has 0 radical (unpaired) electrons. The monoisotopic (exact) mass is 234 g/mol. The van der Waals surface area contributed by atoms with E-state index in [0.29, 0.717) is 5.82 Å². The number of nitrogen functional groups attached to an aromatic ring is 1. The average molecular weight is 234 g/mol. The second-order valence-electron chi connectivity index (χ2n) is 4.02. The molecule has 0 atom stereocenters. The lowest BCUT2D eigenvalue weighted by Crippen LogP contribution is -2.05. The summed E-state index contributed by atoms with van der Waals surface area (Å²) in [7, 11) is 0. The largest absolute Gasteiger partial charge is 0.382 e. The fourth-order valence-electron chi connectivity index (χ4n) is 1.69. The molecule has 92 valence electrons. The van der Waals surface area contributed by atoms with Gasteiger partial charge in [-0.3, -0.25) is 0 Å². The molecule has 6 heteroatoms. The molecule has 2 rings (SSSR count). The number of nitrogens with one attached hydrogen (secondary N) is 2. The Balaban J connectivity index is 1.65. The standard InChI is InChI=1S/C11H18N6/c1-9-15-10(12)11(16-9)14-4-2-3-6-17-7-5-13-8-17/h5,7-8,14H,2-4,6,12H2,1H3,(H,15,16). The van der Waals surface area contributed by atoms with Crippen LogP contribution in [-0.2, 0) is 6.54 Å². The van der Waals surface area contributed by atoms with Crippen LogP contribution in [0.5, 0.6) is 0 Å². The Hall–Kier alpha value is -1.98. The molecule has 2 aromatic rings. The normalized spacial score (nSPS) is 10.6. The lowest BCUT2D eigenvalue weighted by molar-refractivity contribution is 0.621. The summed E-state index contributed by atoms with van der Waals surface area (Å²) in [6.07, 6.45) is 7.78. The molecule has 6 nitrogen and oxygen atoms in total. The van der Waals surface area contributed by atoms with Crippen molar-refractivity contribution < 1.29 is 0 Å². The highest BCUT2D eigenvalue weighted by Crippen LogP contribution is 2.13. The summed E-state index contributed by atoms with van der Waals surface area (Å²) in [5.41, 5.74) is 5.74. The van der Waals surface area contributed by atoms with E-state index in [4.69, 9.17) is 5.73 Å². The number of hydrogen-bond donors (Lipinski definition) is 3. The molecule has 17 heavy (non-hydrogen) atoms. The van der Waals surface area contributed by atoms with Gasteiger partial charge in [-0.15, -0.1) is 0 Å². The van der Waals surface area contributed by atoms with Crippen LogP contribution in [0, 0.1) is 6.92 Å². The first-order valence-corrected chi connectivity index (χ1v) is 5.77. The summed E-state index contributed by atoms with van der Waals surface area (Å²) >= 11 is 0. The van der Waals surface area contributed by atoms with Gasteiger partial charge in [-0.25, -0.2) is 9.97 Å². The highest BCUT2D eigenvalue weighted by Gasteiger charge is 2.02. The minimum atomic E-state index is 0.608. The summed E-state index contributed by atoms with van der Waals surface area (Å²) in [6, 6.07) is 0. The lowest BCUT2D eigenvalue weighted by atomic mass is 10.3. The number of nitrogens with zero attached hydrogens (tertiary/aromatic N) is 3. The minimum Gasteiger partial charge on any atom is -0.382 e. The molecule has 0 aliphatic carbocycles. The summed E-state index contributed by atoms with van der Waals surface area (Å²) in [6.45, 7) is 3.76. The summed E-state index contributed by atoms with van der Waals surface area (Å²) < 4.78 is 2.08. The van der Waals surface area contributed by atoms with Crippen LogP contribution < -0.4 is 11.1 Å². The smallest absolute Gasteiger partial charge is 0.168 e. The highest BCUT2D eigenvalue weighted by molar-refractivity contribution is 5.56. The zero-order valence-electron chi connectivity index (χ0n) is 9.98. The van der Waals surface area contributed by atoms with Crippen LogP contribution in [0.25, 0.3) is 0 Å². The first kappa shape index (κ1) is 11.5. The van der Waals surface area contributed by atoms with E-state index in [1.165, 1.54) is 0 Å². The van der Waals surface area contributed by atoms with Gasteiger partial charge >= 0.3 is 0 Å².